The van der Waals surface area contributed by atoms with Crippen LogP contribution in [0, 0.1) is 18.3 Å². The minimum Gasteiger partial charge on any atom is -0.438 e. The molecule has 3 rings (SSSR count). The van der Waals surface area contributed by atoms with Crippen molar-refractivity contribution in [3.05, 3.63) is 74.9 Å². The maximum Gasteiger partial charge on any atom is 0.224 e. The van der Waals surface area contributed by atoms with Crippen molar-refractivity contribution in [3.63, 3.8) is 0 Å². The fraction of sp³-hybridized carbons (Fsp3) is 0.227. The highest BCUT2D eigenvalue weighted by Crippen LogP contribution is 2.35. The van der Waals surface area contributed by atoms with E-state index in [0.29, 0.717) is 45.5 Å². The van der Waals surface area contributed by atoms with Crippen molar-refractivity contribution in [2.24, 2.45) is 0 Å². The minimum atomic E-state index is 0.342. The van der Waals surface area contributed by atoms with Crippen LogP contribution in [0.5, 0.6) is 11.6 Å². The number of nitrogen functional groups attached to an aromatic ring is 1. The number of halogens is 2. The highest BCUT2D eigenvalue weighted by atomic mass is 35.5. The van der Waals surface area contributed by atoms with E-state index in [0.717, 1.165) is 11.1 Å². The molecule has 0 atom stereocenters. The monoisotopic (exact) mass is 413 g/mol. The molecule has 144 valence electrons. The maximum atomic E-state index is 9.55. The Kier molecular flexibility index (Phi) is 5.88. The van der Waals surface area contributed by atoms with Gasteiger partial charge in [-0.2, -0.15) is 5.26 Å². The number of aromatic nitrogens is 1. The largest absolute Gasteiger partial charge is 0.438 e. The predicted molar refractivity (Wildman–Crippen MR) is 114 cm³/mol. The van der Waals surface area contributed by atoms with Crippen molar-refractivity contribution in [1.82, 2.24) is 4.57 Å². The number of anilines is 1. The van der Waals surface area contributed by atoms with Crippen molar-refractivity contribution < 1.29 is 4.74 Å². The zero-order valence-corrected chi connectivity index (χ0v) is 17.5. The van der Waals surface area contributed by atoms with Crippen molar-refractivity contribution in [2.45, 2.75) is 33.2 Å². The molecule has 0 bridgehead atoms. The molecule has 0 fully saturated rings. The van der Waals surface area contributed by atoms with Crippen molar-refractivity contribution in [2.75, 3.05) is 5.73 Å². The molecule has 0 saturated heterocycles. The normalized spacial score (nSPS) is 10.9. The zero-order valence-electron chi connectivity index (χ0n) is 16.0. The summed E-state index contributed by atoms with van der Waals surface area (Å²) in [5.74, 6) is 1.50. The third-order valence-electron chi connectivity index (χ3n) is 4.62. The zero-order chi connectivity index (χ0) is 20.4. The third kappa shape index (κ3) is 4.11. The molecule has 0 saturated carbocycles. The van der Waals surface area contributed by atoms with Gasteiger partial charge >= 0.3 is 0 Å². The van der Waals surface area contributed by atoms with Crippen LogP contribution < -0.4 is 10.5 Å². The van der Waals surface area contributed by atoms with Gasteiger partial charge in [-0.3, -0.25) is 4.57 Å². The summed E-state index contributed by atoms with van der Waals surface area (Å²) in [6.07, 6.45) is 0. The van der Waals surface area contributed by atoms with Gasteiger partial charge in [0.1, 0.15) is 17.5 Å². The van der Waals surface area contributed by atoms with Crippen LogP contribution in [0.4, 0.5) is 5.69 Å². The molecule has 0 radical (unpaired) electrons. The molecule has 4 nitrogen and oxygen atoms in total. The second kappa shape index (κ2) is 8.18. The van der Waals surface area contributed by atoms with Crippen LogP contribution in [0.1, 0.15) is 42.1 Å². The first-order chi connectivity index (χ1) is 13.3. The first-order valence-corrected chi connectivity index (χ1v) is 9.67. The van der Waals surface area contributed by atoms with Gasteiger partial charge in [-0.25, -0.2) is 0 Å². The second-order valence-electron chi connectivity index (χ2n) is 7.01. The number of nitrogens with two attached hydrogens (primary N) is 1. The van der Waals surface area contributed by atoms with Crippen LogP contribution in [0.2, 0.25) is 10.0 Å². The Morgan fingerprint density at radius 1 is 1.14 bits per heavy atom. The molecule has 2 N–H and O–H groups in total. The average molecular weight is 414 g/mol. The molecule has 0 unspecified atom stereocenters. The minimum absolute atomic E-state index is 0.342. The SMILES string of the molecule is Cc1ccc(C(C)C)cc1Oc1c(N)cc(C#N)n1Cc1ccc(Cl)cc1Cl. The Balaban J connectivity index is 2.04. The predicted octanol–water partition coefficient (Wildman–Crippen LogP) is 6.52. The molecular formula is C22H21Cl2N3O. The average Bonchev–Trinajstić information content (AvgIpc) is 2.94. The van der Waals surface area contributed by atoms with Crippen LogP contribution in [-0.4, -0.2) is 4.57 Å². The van der Waals surface area contributed by atoms with Gasteiger partial charge in [-0.15, -0.1) is 0 Å². The summed E-state index contributed by atoms with van der Waals surface area (Å²) >= 11 is 12.3. The van der Waals surface area contributed by atoms with Crippen LogP contribution in [0.15, 0.2) is 42.5 Å². The van der Waals surface area contributed by atoms with E-state index in [9.17, 15) is 5.26 Å². The molecule has 0 aliphatic rings. The Hall–Kier alpha value is -2.61. The van der Waals surface area contributed by atoms with Crippen LogP contribution in [0.25, 0.3) is 0 Å². The molecule has 28 heavy (non-hydrogen) atoms. The number of ether oxygens (including phenoxy) is 1. The molecule has 1 heterocycles. The summed E-state index contributed by atoms with van der Waals surface area (Å²) in [6.45, 7) is 6.57. The Morgan fingerprint density at radius 2 is 1.89 bits per heavy atom. The highest BCUT2D eigenvalue weighted by molar-refractivity contribution is 6.35. The van der Waals surface area contributed by atoms with Gasteiger partial charge in [0, 0.05) is 16.1 Å². The number of hydrogen-bond donors (Lipinski definition) is 1. The van der Waals surface area contributed by atoms with Gasteiger partial charge in [0.25, 0.3) is 0 Å². The van der Waals surface area contributed by atoms with E-state index >= 15 is 0 Å². The lowest BCUT2D eigenvalue weighted by Crippen LogP contribution is -2.06. The lowest BCUT2D eigenvalue weighted by Gasteiger charge is -2.16. The fourth-order valence-electron chi connectivity index (χ4n) is 2.93. The Labute approximate surface area is 175 Å². The number of benzene rings is 2. The summed E-state index contributed by atoms with van der Waals surface area (Å²) in [6, 6.07) is 15.2. The molecular weight excluding hydrogens is 393 g/mol. The third-order valence-corrected chi connectivity index (χ3v) is 5.21. The summed E-state index contributed by atoms with van der Waals surface area (Å²) in [5, 5.41) is 10.6. The van der Waals surface area contributed by atoms with E-state index in [1.165, 1.54) is 5.56 Å². The molecule has 0 amide bonds. The summed E-state index contributed by atoms with van der Waals surface area (Å²) in [4.78, 5) is 0. The molecule has 1 aromatic heterocycles. The van der Waals surface area contributed by atoms with Crippen molar-refractivity contribution in [3.8, 4) is 17.7 Å². The molecule has 3 aromatic rings. The second-order valence-corrected chi connectivity index (χ2v) is 7.85. The molecule has 6 heteroatoms. The Morgan fingerprint density at radius 3 is 2.54 bits per heavy atom. The van der Waals surface area contributed by atoms with Crippen LogP contribution >= 0.6 is 23.2 Å². The summed E-state index contributed by atoms with van der Waals surface area (Å²) in [5.41, 5.74) is 9.94. The van der Waals surface area contributed by atoms with Crippen LogP contribution in [-0.2, 0) is 6.54 Å². The number of hydrogen-bond acceptors (Lipinski definition) is 3. The first-order valence-electron chi connectivity index (χ1n) is 8.91. The van der Waals surface area contributed by atoms with Gasteiger partial charge < -0.3 is 10.5 Å². The van der Waals surface area contributed by atoms with Crippen LogP contribution in [0.3, 0.4) is 0 Å². The van der Waals surface area contributed by atoms with Gasteiger partial charge in [0.2, 0.25) is 5.88 Å². The van der Waals surface area contributed by atoms with Crippen molar-refractivity contribution in [1.29, 1.82) is 5.26 Å². The smallest absolute Gasteiger partial charge is 0.224 e. The highest BCUT2D eigenvalue weighted by Gasteiger charge is 2.18. The number of aryl methyl sites for hydroxylation is 1. The topological polar surface area (TPSA) is 64.0 Å². The lowest BCUT2D eigenvalue weighted by atomic mass is 10.0. The van der Waals surface area contributed by atoms with Gasteiger partial charge in [-0.05, 0) is 47.7 Å². The van der Waals surface area contributed by atoms with E-state index < -0.39 is 0 Å². The van der Waals surface area contributed by atoms with E-state index in [4.69, 9.17) is 33.7 Å². The van der Waals surface area contributed by atoms with E-state index in [2.05, 4.69) is 26.0 Å². The maximum absolute atomic E-state index is 9.55. The van der Waals surface area contributed by atoms with E-state index in [1.54, 1.807) is 22.8 Å². The summed E-state index contributed by atoms with van der Waals surface area (Å²) in [7, 11) is 0. The molecule has 2 aromatic carbocycles. The quantitative estimate of drug-likeness (QED) is 0.517. The van der Waals surface area contributed by atoms with Crippen molar-refractivity contribution >= 4 is 28.9 Å². The Bertz CT molecular complexity index is 1060. The molecule has 0 aliphatic carbocycles. The van der Waals surface area contributed by atoms with Gasteiger partial charge in [0.15, 0.2) is 0 Å². The number of nitriles is 1. The number of rotatable bonds is 5. The first kappa shape index (κ1) is 20.1. The standard InChI is InChI=1S/C22H21Cl2N3O/c1-13(2)15-5-4-14(3)21(8-15)28-22-20(26)10-18(11-25)27(22)12-16-6-7-17(23)9-19(16)24/h4-10,13H,12,26H2,1-3H3. The van der Waals surface area contributed by atoms with E-state index in [-0.39, 0.29) is 0 Å². The molecule has 0 aliphatic heterocycles. The number of nitrogens with zero attached hydrogens (tertiary/aromatic N) is 2. The fourth-order valence-corrected chi connectivity index (χ4v) is 3.39. The van der Waals surface area contributed by atoms with Gasteiger partial charge in [0.05, 0.1) is 12.2 Å². The van der Waals surface area contributed by atoms with E-state index in [1.807, 2.05) is 25.1 Å². The molecule has 0 spiro atoms. The van der Waals surface area contributed by atoms with Gasteiger partial charge in [-0.1, -0.05) is 55.2 Å². The summed E-state index contributed by atoms with van der Waals surface area (Å²) < 4.78 is 7.93. The lowest BCUT2D eigenvalue weighted by molar-refractivity contribution is 0.433.